The fourth-order valence-electron chi connectivity index (χ4n) is 4.56. The van der Waals surface area contributed by atoms with Crippen molar-refractivity contribution in [3.8, 4) is 17.5 Å². The number of fused-ring (bicyclic) bond motifs is 3. The molecule has 3 heterocycles. The van der Waals surface area contributed by atoms with E-state index < -0.39 is 23.4 Å². The Labute approximate surface area is 251 Å². The van der Waals surface area contributed by atoms with Crippen LogP contribution in [0.25, 0.3) is 26.9 Å². The predicted molar refractivity (Wildman–Crippen MR) is 162 cm³/mol. The highest BCUT2D eigenvalue weighted by atomic mass is 79.9. The first-order valence-corrected chi connectivity index (χ1v) is 14.4. The number of carbonyl (C=O) groups is 2. The van der Waals surface area contributed by atoms with Crippen LogP contribution < -0.4 is 9.64 Å². The quantitative estimate of drug-likeness (QED) is 0.207. The summed E-state index contributed by atoms with van der Waals surface area (Å²) in [6.07, 6.45) is -2.00. The number of halogens is 1. The topological polar surface area (TPSA) is 120 Å². The van der Waals surface area contributed by atoms with Crippen molar-refractivity contribution in [1.29, 1.82) is 5.26 Å². The summed E-state index contributed by atoms with van der Waals surface area (Å²) in [7, 11) is 1.56. The van der Waals surface area contributed by atoms with Gasteiger partial charge < -0.3 is 14.2 Å². The molecule has 2 amide bonds. The zero-order valence-electron chi connectivity index (χ0n) is 24.7. The summed E-state index contributed by atoms with van der Waals surface area (Å²) >= 11 is 4.94. The number of aromatic nitrogens is 3. The van der Waals surface area contributed by atoms with Gasteiger partial charge in [-0.1, -0.05) is 17.4 Å². The van der Waals surface area contributed by atoms with E-state index in [1.807, 2.05) is 32.9 Å². The third-order valence-electron chi connectivity index (χ3n) is 5.99. The van der Waals surface area contributed by atoms with Gasteiger partial charge in [-0.15, -0.1) is 0 Å². The van der Waals surface area contributed by atoms with Crippen molar-refractivity contribution in [1.82, 2.24) is 14.5 Å². The summed E-state index contributed by atoms with van der Waals surface area (Å²) in [5.74, 6) is 0.530. The number of rotatable bonds is 3. The van der Waals surface area contributed by atoms with Gasteiger partial charge in [-0.2, -0.15) is 10.2 Å². The lowest BCUT2D eigenvalue weighted by molar-refractivity contribution is 0.0428. The highest BCUT2D eigenvalue weighted by Gasteiger charge is 2.40. The largest absolute Gasteiger partial charge is 0.496 e. The second kappa shape index (κ2) is 10.6. The lowest BCUT2D eigenvalue weighted by Crippen LogP contribution is -2.45. The van der Waals surface area contributed by atoms with Crippen molar-refractivity contribution in [3.05, 3.63) is 38.4 Å². The van der Waals surface area contributed by atoms with Crippen LogP contribution in [-0.2, 0) is 9.47 Å². The average Bonchev–Trinajstić information content (AvgIpc) is 3.34. The van der Waals surface area contributed by atoms with Gasteiger partial charge in [-0.05, 0) is 89.9 Å². The van der Waals surface area contributed by atoms with Gasteiger partial charge in [-0.25, -0.2) is 19.6 Å². The van der Waals surface area contributed by atoms with E-state index in [4.69, 9.17) is 19.2 Å². The number of amides is 2. The second-order valence-corrected chi connectivity index (χ2v) is 13.4. The number of hydrogen-bond acceptors (Lipinski definition) is 9. The number of nitrogens with zero attached hydrogens (tertiary/aromatic N) is 5. The van der Waals surface area contributed by atoms with Crippen molar-refractivity contribution in [2.24, 2.45) is 0 Å². The fraction of sp³-hybridized carbons (Fsp3) is 0.414. The van der Waals surface area contributed by atoms with Gasteiger partial charge in [0.1, 0.15) is 43.5 Å². The molecule has 0 atom stereocenters. The highest BCUT2D eigenvalue weighted by Crippen LogP contribution is 2.45. The van der Waals surface area contributed by atoms with Gasteiger partial charge in [0.15, 0.2) is 5.82 Å². The van der Waals surface area contributed by atoms with E-state index in [-0.39, 0.29) is 11.4 Å². The van der Waals surface area contributed by atoms with E-state index in [9.17, 15) is 14.9 Å². The molecule has 10 nitrogen and oxygen atoms in total. The van der Waals surface area contributed by atoms with Crippen molar-refractivity contribution in [2.45, 2.75) is 73.5 Å². The molecule has 0 N–H and O–H groups in total. The summed E-state index contributed by atoms with van der Waals surface area (Å²) in [6.45, 7) is 15.8. The van der Waals surface area contributed by atoms with Gasteiger partial charge >= 0.3 is 12.2 Å². The maximum Gasteiger partial charge on any atom is 0.425 e. The summed E-state index contributed by atoms with van der Waals surface area (Å²) < 4.78 is 19.1. The molecule has 0 spiro atoms. The van der Waals surface area contributed by atoms with Crippen LogP contribution >= 0.6 is 27.3 Å². The minimum atomic E-state index is -1.000. The number of ether oxygens (including phenoxy) is 3. The normalized spacial score (nSPS) is 12.0. The van der Waals surface area contributed by atoms with E-state index in [1.165, 1.54) is 11.3 Å². The molecule has 0 saturated carbocycles. The molecular formula is C29H32BrN5O5S. The maximum absolute atomic E-state index is 13.9. The number of thiazole rings is 1. The maximum atomic E-state index is 13.9. The van der Waals surface area contributed by atoms with Crippen LogP contribution in [-0.4, -0.2) is 45.0 Å². The molecule has 0 saturated heterocycles. The van der Waals surface area contributed by atoms with Crippen LogP contribution in [0.3, 0.4) is 0 Å². The zero-order chi connectivity index (χ0) is 30.6. The Balaban J connectivity index is 2.29. The van der Waals surface area contributed by atoms with Crippen LogP contribution in [0.4, 0.5) is 15.4 Å². The second-order valence-electron chi connectivity index (χ2n) is 11.5. The molecule has 216 valence electrons. The van der Waals surface area contributed by atoms with Crippen molar-refractivity contribution >= 4 is 66.5 Å². The van der Waals surface area contributed by atoms with Crippen LogP contribution in [0.5, 0.6) is 5.75 Å². The first kappa shape index (κ1) is 30.3. The minimum Gasteiger partial charge on any atom is -0.496 e. The lowest BCUT2D eigenvalue weighted by atomic mass is 10.1. The molecule has 0 unspecified atom stereocenters. The molecule has 1 aromatic carbocycles. The lowest BCUT2D eigenvalue weighted by Gasteiger charge is -2.30. The van der Waals surface area contributed by atoms with E-state index in [0.717, 1.165) is 21.0 Å². The number of imide groups is 1. The van der Waals surface area contributed by atoms with Crippen LogP contribution in [0.1, 0.15) is 63.2 Å². The smallest absolute Gasteiger partial charge is 0.425 e. The van der Waals surface area contributed by atoms with Gasteiger partial charge in [0, 0.05) is 5.56 Å². The van der Waals surface area contributed by atoms with E-state index >= 15 is 0 Å². The number of hydrogen-bond donors (Lipinski definition) is 0. The Kier molecular flexibility index (Phi) is 7.84. The molecule has 0 aliphatic carbocycles. The molecule has 0 bridgehead atoms. The Bertz CT molecular complexity index is 1730. The molecule has 0 fully saturated rings. The number of anilines is 1. The van der Waals surface area contributed by atoms with E-state index in [0.29, 0.717) is 37.3 Å². The number of aryl methyl sites for hydroxylation is 2. The Hall–Kier alpha value is -3.69. The third-order valence-corrected chi connectivity index (χ3v) is 7.43. The van der Waals surface area contributed by atoms with E-state index in [1.54, 1.807) is 53.2 Å². The molecule has 4 aromatic rings. The third kappa shape index (κ3) is 5.61. The zero-order valence-corrected chi connectivity index (χ0v) is 27.1. The molecule has 3 aromatic heterocycles. The Morgan fingerprint density at radius 1 is 1.02 bits per heavy atom. The number of pyridine rings is 1. The van der Waals surface area contributed by atoms with Crippen LogP contribution in [0.15, 0.2) is 16.7 Å². The van der Waals surface area contributed by atoms with Crippen molar-refractivity contribution in [2.75, 3.05) is 12.0 Å². The first-order chi connectivity index (χ1) is 19.0. The minimum absolute atomic E-state index is 0.0188. The molecule has 0 radical (unpaired) electrons. The number of benzene rings is 1. The van der Waals surface area contributed by atoms with Crippen molar-refractivity contribution in [3.63, 3.8) is 0 Å². The standard InChI is InChI=1S/C29H32BrN5O5S/c1-14-11-12-18(38-10)15(2)21(14)34-22-19(23(30)33-24-20(22)32-16(3)41-24)17(13-31)25(34)35(26(36)39-28(4,5)6)27(37)40-29(7,8)9/h11-12H,1-10H3. The van der Waals surface area contributed by atoms with Crippen LogP contribution in [0, 0.1) is 32.1 Å². The van der Waals surface area contributed by atoms with Gasteiger partial charge in [0.05, 0.1) is 28.7 Å². The molecule has 12 heteroatoms. The number of nitriles is 1. The predicted octanol–water partition coefficient (Wildman–Crippen LogP) is 7.88. The van der Waals surface area contributed by atoms with Gasteiger partial charge in [-0.3, -0.25) is 4.57 Å². The first-order valence-electron chi connectivity index (χ1n) is 12.8. The summed E-state index contributed by atoms with van der Waals surface area (Å²) in [5.41, 5.74) is 1.24. The number of carbonyl (C=O) groups excluding carboxylic acids is 2. The molecule has 0 aliphatic heterocycles. The highest BCUT2D eigenvalue weighted by molar-refractivity contribution is 9.10. The van der Waals surface area contributed by atoms with Crippen LogP contribution in [0.2, 0.25) is 0 Å². The summed E-state index contributed by atoms with van der Waals surface area (Å²) in [6, 6.07) is 5.93. The monoisotopic (exact) mass is 641 g/mol. The fourth-order valence-corrected chi connectivity index (χ4v) is 6.03. The molecule has 4 rings (SSSR count). The van der Waals surface area contributed by atoms with Gasteiger partial charge in [0.2, 0.25) is 0 Å². The van der Waals surface area contributed by atoms with E-state index in [2.05, 4.69) is 27.0 Å². The molecule has 0 aliphatic rings. The number of methoxy groups -OCH3 is 1. The molecule has 41 heavy (non-hydrogen) atoms. The summed E-state index contributed by atoms with van der Waals surface area (Å²) in [4.78, 5) is 38.6. The Morgan fingerprint density at radius 2 is 1.61 bits per heavy atom. The Morgan fingerprint density at radius 3 is 2.12 bits per heavy atom. The average molecular weight is 643 g/mol. The SMILES string of the molecule is COc1ccc(C)c(-n2c(N(C(=O)OC(C)(C)C)C(=O)OC(C)(C)C)c(C#N)c3c(Br)nc4sc(C)nc4c32)c1C. The molecular weight excluding hydrogens is 610 g/mol. The van der Waals surface area contributed by atoms with Crippen molar-refractivity contribution < 1.29 is 23.8 Å². The van der Waals surface area contributed by atoms with Gasteiger partial charge in [0.25, 0.3) is 0 Å². The summed E-state index contributed by atoms with van der Waals surface area (Å²) in [5, 5.41) is 11.8.